The number of ketones is 1. The van der Waals surface area contributed by atoms with Crippen molar-refractivity contribution in [3.63, 3.8) is 0 Å². The molecule has 3 saturated carbocycles. The van der Waals surface area contributed by atoms with E-state index < -0.39 is 0 Å². The molecule has 4 aliphatic carbocycles. The summed E-state index contributed by atoms with van der Waals surface area (Å²) in [7, 11) is 0. The van der Waals surface area contributed by atoms with Gasteiger partial charge in [0.2, 0.25) is 0 Å². The summed E-state index contributed by atoms with van der Waals surface area (Å²) >= 11 is 2.29. The summed E-state index contributed by atoms with van der Waals surface area (Å²) in [5.41, 5.74) is 1.59. The highest BCUT2D eigenvalue weighted by atomic mass is 127. The molecule has 4 rings (SSSR count). The summed E-state index contributed by atoms with van der Waals surface area (Å²) in [6.07, 6.45) is 11.8. The highest BCUT2D eigenvalue weighted by molar-refractivity contribution is 14.1. The molecule has 3 fully saturated rings. The van der Waals surface area contributed by atoms with Crippen LogP contribution in [0.5, 0.6) is 0 Å². The van der Waals surface area contributed by atoms with Crippen LogP contribution in [-0.4, -0.2) is 17.0 Å². The number of carbonyl (C=O) groups is 1. The van der Waals surface area contributed by atoms with E-state index in [1.165, 1.54) is 31.3 Å². The van der Waals surface area contributed by atoms with E-state index in [4.69, 9.17) is 0 Å². The average molecular weight is 426 g/mol. The van der Waals surface area contributed by atoms with Crippen LogP contribution in [0.3, 0.4) is 0 Å². The fourth-order valence-corrected chi connectivity index (χ4v) is 7.13. The molecule has 23 heavy (non-hydrogen) atoms. The van der Waals surface area contributed by atoms with Crippen LogP contribution in [-0.2, 0) is 4.79 Å². The minimum absolute atomic E-state index is 0.0941. The maximum Gasteiger partial charge on any atom is 0.156 e. The van der Waals surface area contributed by atoms with E-state index in [0.717, 1.165) is 24.7 Å². The molecule has 126 valence electrons. The fraction of sp³-hybridized carbons (Fsp3) is 0.750. The van der Waals surface area contributed by atoms with E-state index in [0.29, 0.717) is 30.0 Å². The maximum absolute atomic E-state index is 12.1. The Balaban J connectivity index is 1.67. The van der Waals surface area contributed by atoms with Crippen LogP contribution in [0.2, 0.25) is 0 Å². The minimum Gasteiger partial charge on any atom is -0.393 e. The molecule has 7 atom stereocenters. The average Bonchev–Trinajstić information content (AvgIpc) is 2.82. The molecular formula is C20H27IO2. The van der Waals surface area contributed by atoms with Gasteiger partial charge in [-0.15, -0.1) is 0 Å². The molecular weight excluding hydrogens is 399 g/mol. The number of hydrogen-bond donors (Lipinski definition) is 1. The lowest BCUT2D eigenvalue weighted by Crippen LogP contribution is -2.49. The van der Waals surface area contributed by atoms with Crippen molar-refractivity contribution in [2.75, 3.05) is 0 Å². The van der Waals surface area contributed by atoms with E-state index in [1.807, 2.05) is 6.08 Å². The maximum atomic E-state index is 12.1. The molecule has 0 spiro atoms. The van der Waals surface area contributed by atoms with E-state index in [1.54, 1.807) is 0 Å². The predicted molar refractivity (Wildman–Crippen MR) is 100 cm³/mol. The fourth-order valence-electron chi connectivity index (χ4n) is 6.59. The van der Waals surface area contributed by atoms with Gasteiger partial charge >= 0.3 is 0 Å². The van der Waals surface area contributed by atoms with E-state index in [-0.39, 0.29) is 11.5 Å². The standard InChI is InChI=1S/C20H27IO2/c1-20-8-6-16-15(17(20)4-5-18(20)23)3-2-12-10-14(22)11-13(7-9-21)19(12)16/h7,9-10,13,15-19,23H,2-6,8,11H2,1H3/b9-7+/t13?,15-,16+,17+,18+,19-,20+/m1/s1. The number of carbonyl (C=O) groups excluding carboxylic acids is 1. The van der Waals surface area contributed by atoms with Crippen molar-refractivity contribution in [3.8, 4) is 0 Å². The molecule has 0 amide bonds. The summed E-state index contributed by atoms with van der Waals surface area (Å²) in [5, 5.41) is 10.5. The van der Waals surface area contributed by atoms with Gasteiger partial charge < -0.3 is 5.11 Å². The molecule has 0 aromatic carbocycles. The van der Waals surface area contributed by atoms with Crippen molar-refractivity contribution in [3.05, 3.63) is 21.8 Å². The van der Waals surface area contributed by atoms with Gasteiger partial charge in [0.05, 0.1) is 6.10 Å². The van der Waals surface area contributed by atoms with Crippen LogP contribution >= 0.6 is 22.6 Å². The highest BCUT2D eigenvalue weighted by Crippen LogP contribution is 2.62. The third kappa shape index (κ3) is 2.48. The molecule has 4 aliphatic rings. The van der Waals surface area contributed by atoms with Crippen molar-refractivity contribution in [2.24, 2.45) is 35.0 Å². The molecule has 0 radical (unpaired) electrons. The number of hydrogen-bond acceptors (Lipinski definition) is 2. The molecule has 1 N–H and O–H groups in total. The van der Waals surface area contributed by atoms with Crippen molar-refractivity contribution in [1.82, 2.24) is 0 Å². The number of aliphatic hydroxyl groups excluding tert-OH is 1. The quantitative estimate of drug-likeness (QED) is 0.620. The van der Waals surface area contributed by atoms with E-state index >= 15 is 0 Å². The number of aliphatic hydroxyl groups is 1. The third-order valence-corrected chi connectivity index (χ3v) is 8.08. The summed E-state index contributed by atoms with van der Waals surface area (Å²) in [6.45, 7) is 2.34. The lowest BCUT2D eigenvalue weighted by molar-refractivity contribution is -0.117. The number of halogens is 1. The van der Waals surface area contributed by atoms with Crippen LogP contribution in [0, 0.1) is 35.0 Å². The van der Waals surface area contributed by atoms with Gasteiger partial charge in [0.1, 0.15) is 0 Å². The third-order valence-electron chi connectivity index (χ3n) is 7.66. The lowest BCUT2D eigenvalue weighted by atomic mass is 9.50. The molecule has 0 heterocycles. The second-order valence-electron chi connectivity index (χ2n) is 8.51. The Hall–Kier alpha value is -0.160. The summed E-state index contributed by atoms with van der Waals surface area (Å²) in [4.78, 5) is 12.1. The SMILES string of the molecule is C[C@]12CC[C@H]3[C@@H](CCC4=CC(=O)CC(/C=C/I)[C@@H]43)[C@@H]1CC[C@@H]2O. The van der Waals surface area contributed by atoms with Gasteiger partial charge in [0.25, 0.3) is 0 Å². The molecule has 2 nitrogen and oxygen atoms in total. The highest BCUT2D eigenvalue weighted by Gasteiger charge is 2.56. The number of rotatable bonds is 1. The Labute approximate surface area is 152 Å². The topological polar surface area (TPSA) is 37.3 Å². The van der Waals surface area contributed by atoms with Gasteiger partial charge in [-0.1, -0.05) is 41.2 Å². The second-order valence-corrected chi connectivity index (χ2v) is 9.23. The number of fused-ring (bicyclic) bond motifs is 5. The molecule has 0 aliphatic heterocycles. The smallest absolute Gasteiger partial charge is 0.156 e. The van der Waals surface area contributed by atoms with Crippen LogP contribution in [0.4, 0.5) is 0 Å². The van der Waals surface area contributed by atoms with Gasteiger partial charge in [-0.3, -0.25) is 4.79 Å². The largest absolute Gasteiger partial charge is 0.393 e. The lowest BCUT2D eigenvalue weighted by Gasteiger charge is -2.54. The van der Waals surface area contributed by atoms with Crippen molar-refractivity contribution in [1.29, 1.82) is 0 Å². The van der Waals surface area contributed by atoms with E-state index in [2.05, 4.69) is 39.7 Å². The first-order valence-electron chi connectivity index (χ1n) is 9.23. The van der Waals surface area contributed by atoms with Crippen molar-refractivity contribution >= 4 is 28.4 Å². The zero-order valence-electron chi connectivity index (χ0n) is 13.9. The normalized spacial score (nSPS) is 49.5. The first-order valence-corrected chi connectivity index (χ1v) is 10.5. The van der Waals surface area contributed by atoms with Gasteiger partial charge in [0.15, 0.2) is 5.78 Å². The monoisotopic (exact) mass is 426 g/mol. The summed E-state index contributed by atoms with van der Waals surface area (Å²) in [6, 6.07) is 0. The Morgan fingerprint density at radius 2 is 2.09 bits per heavy atom. The van der Waals surface area contributed by atoms with Crippen molar-refractivity contribution in [2.45, 2.75) is 58.0 Å². The van der Waals surface area contributed by atoms with Crippen LogP contribution < -0.4 is 0 Å². The zero-order chi connectivity index (χ0) is 16.2. The van der Waals surface area contributed by atoms with Crippen LogP contribution in [0.25, 0.3) is 0 Å². The Bertz CT molecular complexity index is 566. The number of allylic oxidation sites excluding steroid dienone is 2. The van der Waals surface area contributed by atoms with Crippen LogP contribution in [0.15, 0.2) is 21.8 Å². The summed E-state index contributed by atoms with van der Waals surface area (Å²) < 4.78 is 2.11. The van der Waals surface area contributed by atoms with E-state index in [9.17, 15) is 9.90 Å². The molecule has 0 saturated heterocycles. The van der Waals surface area contributed by atoms with Gasteiger partial charge in [-0.25, -0.2) is 0 Å². The zero-order valence-corrected chi connectivity index (χ0v) is 16.0. The van der Waals surface area contributed by atoms with Gasteiger partial charge in [-0.05, 0) is 83.7 Å². The first kappa shape index (κ1) is 16.3. The van der Waals surface area contributed by atoms with Crippen LogP contribution in [0.1, 0.15) is 51.9 Å². The molecule has 0 bridgehead atoms. The van der Waals surface area contributed by atoms with Crippen molar-refractivity contribution < 1.29 is 9.90 Å². The predicted octanol–water partition coefficient (Wildman–Crippen LogP) is 4.66. The Morgan fingerprint density at radius 1 is 1.26 bits per heavy atom. The van der Waals surface area contributed by atoms with Gasteiger partial charge in [0, 0.05) is 6.42 Å². The molecule has 0 aromatic rings. The Kier molecular flexibility index (Phi) is 4.24. The van der Waals surface area contributed by atoms with Gasteiger partial charge in [-0.2, -0.15) is 0 Å². The summed E-state index contributed by atoms with van der Waals surface area (Å²) in [5.74, 6) is 3.49. The Morgan fingerprint density at radius 3 is 2.87 bits per heavy atom. The molecule has 3 heteroatoms. The molecule has 0 aromatic heterocycles. The first-order chi connectivity index (χ1) is 11.0. The minimum atomic E-state index is -0.0941. The second kappa shape index (κ2) is 5.98. The molecule has 1 unspecified atom stereocenters.